The van der Waals surface area contributed by atoms with E-state index in [4.69, 9.17) is 28.5 Å². The van der Waals surface area contributed by atoms with Crippen LogP contribution in [0.5, 0.6) is 0 Å². The van der Waals surface area contributed by atoms with Crippen molar-refractivity contribution < 1.29 is 9.50 Å². The fourth-order valence-corrected chi connectivity index (χ4v) is 2.19. The maximum absolute atomic E-state index is 13.4. The third-order valence-electron chi connectivity index (χ3n) is 2.93. The summed E-state index contributed by atoms with van der Waals surface area (Å²) in [5, 5.41) is 22.4. The second-order valence-electron chi connectivity index (χ2n) is 4.34. The molecule has 0 bridgehead atoms. The van der Waals surface area contributed by atoms with Gasteiger partial charge in [-0.05, 0) is 29.8 Å². The van der Waals surface area contributed by atoms with Gasteiger partial charge in [-0.2, -0.15) is 5.26 Å². The van der Waals surface area contributed by atoms with Gasteiger partial charge in [0.05, 0.1) is 27.4 Å². The van der Waals surface area contributed by atoms with Crippen LogP contribution in [-0.4, -0.2) is 11.7 Å². The molecule has 0 aliphatic rings. The summed E-state index contributed by atoms with van der Waals surface area (Å²) in [4.78, 5) is 0. The van der Waals surface area contributed by atoms with E-state index in [9.17, 15) is 9.50 Å². The Kier molecular flexibility index (Phi) is 5.03. The number of hydrogen-bond acceptors (Lipinski definition) is 3. The highest BCUT2D eigenvalue weighted by Gasteiger charge is 2.12. The van der Waals surface area contributed by atoms with E-state index in [2.05, 4.69) is 5.32 Å². The van der Waals surface area contributed by atoms with Crippen LogP contribution < -0.4 is 5.32 Å². The number of hydrogen-bond donors (Lipinski definition) is 2. The summed E-state index contributed by atoms with van der Waals surface area (Å²) < 4.78 is 13.4. The van der Waals surface area contributed by atoms with Crippen molar-refractivity contribution in [2.45, 2.75) is 6.10 Å². The van der Waals surface area contributed by atoms with Crippen LogP contribution in [0, 0.1) is 17.1 Å². The summed E-state index contributed by atoms with van der Waals surface area (Å²) in [6.45, 7) is 0.0828. The molecule has 2 aromatic rings. The number of nitrogens with zero attached hydrogens (tertiary/aromatic N) is 1. The van der Waals surface area contributed by atoms with Crippen molar-refractivity contribution >= 4 is 28.9 Å². The van der Waals surface area contributed by atoms with Gasteiger partial charge >= 0.3 is 0 Å². The lowest BCUT2D eigenvalue weighted by Crippen LogP contribution is -2.13. The average molecular weight is 325 g/mol. The van der Waals surface area contributed by atoms with Gasteiger partial charge in [0.15, 0.2) is 0 Å². The van der Waals surface area contributed by atoms with Crippen LogP contribution in [0.1, 0.15) is 17.2 Å². The first-order valence-electron chi connectivity index (χ1n) is 6.08. The molecule has 0 spiro atoms. The van der Waals surface area contributed by atoms with Gasteiger partial charge in [-0.3, -0.25) is 0 Å². The summed E-state index contributed by atoms with van der Waals surface area (Å²) in [7, 11) is 0. The monoisotopic (exact) mass is 324 g/mol. The Morgan fingerprint density at radius 1 is 1.24 bits per heavy atom. The fourth-order valence-electron chi connectivity index (χ4n) is 1.83. The predicted octanol–water partition coefficient (Wildman–Crippen LogP) is 4.15. The summed E-state index contributed by atoms with van der Waals surface area (Å²) in [6.07, 6.45) is -0.959. The van der Waals surface area contributed by atoms with E-state index in [-0.39, 0.29) is 11.6 Å². The molecule has 108 valence electrons. The molecule has 0 amide bonds. The van der Waals surface area contributed by atoms with E-state index in [1.807, 2.05) is 6.07 Å². The fraction of sp³-hybridized carbons (Fsp3) is 0.133. The van der Waals surface area contributed by atoms with Gasteiger partial charge in [0, 0.05) is 6.54 Å². The van der Waals surface area contributed by atoms with Crippen LogP contribution >= 0.6 is 23.2 Å². The lowest BCUT2D eigenvalue weighted by molar-refractivity contribution is 0.191. The number of aliphatic hydroxyl groups excluding tert-OH is 1. The summed E-state index contributed by atoms with van der Waals surface area (Å²) in [6, 6.07) is 11.0. The number of benzene rings is 2. The Labute approximate surface area is 131 Å². The normalized spacial score (nSPS) is 11.8. The maximum atomic E-state index is 13.4. The van der Waals surface area contributed by atoms with Crippen molar-refractivity contribution in [2.24, 2.45) is 0 Å². The maximum Gasteiger partial charge on any atom is 0.142 e. The SMILES string of the molecule is N#Cc1cccc(Cl)c1NCC(O)c1ccc(Cl)c(F)c1. The zero-order valence-corrected chi connectivity index (χ0v) is 12.3. The molecule has 1 atom stereocenters. The number of para-hydroxylation sites is 1. The molecule has 2 N–H and O–H groups in total. The highest BCUT2D eigenvalue weighted by atomic mass is 35.5. The molecule has 1 unspecified atom stereocenters. The molecule has 2 aromatic carbocycles. The van der Waals surface area contributed by atoms with Crippen molar-refractivity contribution in [3.05, 3.63) is 63.4 Å². The quantitative estimate of drug-likeness (QED) is 0.888. The lowest BCUT2D eigenvalue weighted by atomic mass is 10.1. The van der Waals surface area contributed by atoms with E-state index < -0.39 is 11.9 Å². The first-order valence-corrected chi connectivity index (χ1v) is 6.84. The van der Waals surface area contributed by atoms with Crippen LogP contribution in [0.25, 0.3) is 0 Å². The van der Waals surface area contributed by atoms with Gasteiger partial charge < -0.3 is 10.4 Å². The van der Waals surface area contributed by atoms with Crippen LogP contribution in [0.15, 0.2) is 36.4 Å². The molecule has 0 aliphatic carbocycles. The van der Waals surface area contributed by atoms with Gasteiger partial charge in [-0.1, -0.05) is 35.3 Å². The summed E-state index contributed by atoms with van der Waals surface area (Å²) >= 11 is 11.6. The smallest absolute Gasteiger partial charge is 0.142 e. The Morgan fingerprint density at radius 2 is 2.00 bits per heavy atom. The molecule has 3 nitrogen and oxygen atoms in total. The zero-order chi connectivity index (χ0) is 15.4. The molecule has 0 heterocycles. The Bertz CT molecular complexity index is 701. The van der Waals surface area contributed by atoms with Crippen LogP contribution in [0.2, 0.25) is 10.0 Å². The standard InChI is InChI=1S/C15H11Cl2FN2O/c16-11-5-4-9(6-13(11)18)14(21)8-20-15-10(7-19)2-1-3-12(15)17/h1-6,14,20-21H,8H2. The second-order valence-corrected chi connectivity index (χ2v) is 5.16. The van der Waals surface area contributed by atoms with Crippen molar-refractivity contribution in [1.82, 2.24) is 0 Å². The largest absolute Gasteiger partial charge is 0.387 e. The molecule has 0 saturated carbocycles. The van der Waals surface area contributed by atoms with Crippen LogP contribution in [-0.2, 0) is 0 Å². The van der Waals surface area contributed by atoms with Gasteiger partial charge in [-0.25, -0.2) is 4.39 Å². The molecular weight excluding hydrogens is 314 g/mol. The molecule has 0 aliphatic heterocycles. The second kappa shape index (κ2) is 6.77. The highest BCUT2D eigenvalue weighted by Crippen LogP contribution is 2.27. The first-order chi connectivity index (χ1) is 10.0. The van der Waals surface area contributed by atoms with Crippen LogP contribution in [0.3, 0.4) is 0 Å². The lowest BCUT2D eigenvalue weighted by Gasteiger charge is -2.15. The van der Waals surface area contributed by atoms with Gasteiger partial charge in [0.2, 0.25) is 0 Å². The van der Waals surface area contributed by atoms with E-state index >= 15 is 0 Å². The van der Waals surface area contributed by atoms with Crippen LogP contribution in [0.4, 0.5) is 10.1 Å². The van der Waals surface area contributed by atoms with E-state index in [0.717, 1.165) is 0 Å². The number of rotatable bonds is 4. The van der Waals surface area contributed by atoms with Crippen molar-refractivity contribution in [3.63, 3.8) is 0 Å². The third-order valence-corrected chi connectivity index (χ3v) is 3.56. The molecule has 0 radical (unpaired) electrons. The zero-order valence-electron chi connectivity index (χ0n) is 10.8. The van der Waals surface area contributed by atoms with E-state index in [0.29, 0.717) is 21.8 Å². The number of anilines is 1. The summed E-state index contributed by atoms with van der Waals surface area (Å²) in [5.41, 5.74) is 1.20. The number of nitrogens with one attached hydrogen (secondary N) is 1. The topological polar surface area (TPSA) is 56.0 Å². The van der Waals surface area contributed by atoms with Gasteiger partial charge in [0.25, 0.3) is 0 Å². The van der Waals surface area contributed by atoms with E-state index in [1.165, 1.54) is 18.2 Å². The predicted molar refractivity (Wildman–Crippen MR) is 81.0 cm³/mol. The number of aliphatic hydroxyl groups is 1. The first kappa shape index (κ1) is 15.6. The minimum Gasteiger partial charge on any atom is -0.387 e. The molecule has 0 aromatic heterocycles. The molecule has 2 rings (SSSR count). The van der Waals surface area contributed by atoms with E-state index in [1.54, 1.807) is 18.2 Å². The Morgan fingerprint density at radius 3 is 2.67 bits per heavy atom. The molecule has 21 heavy (non-hydrogen) atoms. The minimum atomic E-state index is -0.959. The molecule has 0 fully saturated rings. The highest BCUT2D eigenvalue weighted by molar-refractivity contribution is 6.33. The van der Waals surface area contributed by atoms with Crippen molar-refractivity contribution in [3.8, 4) is 6.07 Å². The Balaban J connectivity index is 2.13. The molecule has 6 heteroatoms. The van der Waals surface area contributed by atoms with Crippen molar-refractivity contribution in [2.75, 3.05) is 11.9 Å². The summed E-state index contributed by atoms with van der Waals surface area (Å²) in [5.74, 6) is -0.594. The van der Waals surface area contributed by atoms with Gasteiger partial charge in [-0.15, -0.1) is 0 Å². The third kappa shape index (κ3) is 3.64. The number of nitriles is 1. The Hall–Kier alpha value is -1.80. The van der Waals surface area contributed by atoms with Crippen molar-refractivity contribution in [1.29, 1.82) is 5.26 Å². The number of halogens is 3. The van der Waals surface area contributed by atoms with Gasteiger partial charge in [0.1, 0.15) is 11.9 Å². The average Bonchev–Trinajstić information content (AvgIpc) is 2.48. The minimum absolute atomic E-state index is 0.00298. The molecular formula is C15H11Cl2FN2O. The molecule has 0 saturated heterocycles.